The summed E-state index contributed by atoms with van der Waals surface area (Å²) in [6.07, 6.45) is 0.816. The van der Waals surface area contributed by atoms with Crippen LogP contribution in [0.1, 0.15) is 19.4 Å². The van der Waals surface area contributed by atoms with E-state index in [1.165, 1.54) is 0 Å². The molecule has 0 amide bonds. The van der Waals surface area contributed by atoms with Gasteiger partial charge in [-0.2, -0.15) is 0 Å². The molecule has 0 fully saturated rings. The number of guanidine groups is 2. The molecule has 0 aliphatic heterocycles. The third-order valence-electron chi connectivity index (χ3n) is 2.30. The Morgan fingerprint density at radius 1 is 1.33 bits per heavy atom. The summed E-state index contributed by atoms with van der Waals surface area (Å²) in [7, 11) is 0. The van der Waals surface area contributed by atoms with Gasteiger partial charge in [0.2, 0.25) is 0 Å². The molecule has 18 heavy (non-hydrogen) atoms. The predicted molar refractivity (Wildman–Crippen MR) is 73.4 cm³/mol. The molecule has 1 aromatic rings. The van der Waals surface area contributed by atoms with Crippen molar-refractivity contribution in [3.05, 3.63) is 23.8 Å². The summed E-state index contributed by atoms with van der Waals surface area (Å²) in [4.78, 5) is 0. The molecule has 6 N–H and O–H groups in total. The van der Waals surface area contributed by atoms with Gasteiger partial charge in [-0.05, 0) is 25.0 Å². The molecule has 0 unspecified atom stereocenters. The number of hydrogen-bond acceptors (Lipinski definition) is 3. The van der Waals surface area contributed by atoms with Crippen molar-refractivity contribution in [2.24, 2.45) is 5.73 Å². The van der Waals surface area contributed by atoms with Crippen LogP contribution in [0.2, 0.25) is 0 Å². The Bertz CT molecular complexity index is 444. The van der Waals surface area contributed by atoms with E-state index in [0.29, 0.717) is 12.4 Å². The van der Waals surface area contributed by atoms with Crippen LogP contribution in [0.5, 0.6) is 5.75 Å². The highest BCUT2D eigenvalue weighted by Gasteiger charge is 2.10. The summed E-state index contributed by atoms with van der Waals surface area (Å²) in [5.41, 5.74) is 6.95. The fraction of sp³-hybridized carbons (Fsp3) is 0.333. The molecule has 0 bridgehead atoms. The van der Waals surface area contributed by atoms with E-state index in [2.05, 4.69) is 10.6 Å². The summed E-state index contributed by atoms with van der Waals surface area (Å²) in [5, 5.41) is 20.0. The second-order valence-corrected chi connectivity index (χ2v) is 3.62. The molecule has 0 saturated carbocycles. The number of para-hydroxylation sites is 1. The Morgan fingerprint density at radius 2 is 2.06 bits per heavy atom. The molecule has 6 heteroatoms. The number of nitrogens with two attached hydrogens (primary N) is 1. The third-order valence-corrected chi connectivity index (χ3v) is 2.30. The molecule has 6 nitrogen and oxygen atoms in total. The number of ether oxygens (including phenoxy) is 1. The summed E-state index contributed by atoms with van der Waals surface area (Å²) < 4.78 is 5.51. The normalized spacial score (nSPS) is 9.67. The van der Waals surface area contributed by atoms with Gasteiger partial charge in [0.25, 0.3) is 0 Å². The standard InChI is InChI=1S/C12H19N5O/c1-3-8-6-5-7-9(18-4-2)10(8)16-12(15)17-11(13)14/h5-7H,3-4H2,1-2H3,(H6,13,14,15,16,17). The lowest BCUT2D eigenvalue weighted by molar-refractivity contribution is 0.341. The molecule has 0 aliphatic rings. The molecule has 1 aromatic carbocycles. The number of nitrogens with one attached hydrogen (secondary N) is 4. The molecule has 1 rings (SSSR count). The average Bonchev–Trinajstić information content (AvgIpc) is 2.30. The van der Waals surface area contributed by atoms with E-state index in [1.807, 2.05) is 32.0 Å². The monoisotopic (exact) mass is 249 g/mol. The first kappa shape index (κ1) is 13.8. The topological polar surface area (TPSA) is 107 Å². The highest BCUT2D eigenvalue weighted by molar-refractivity contribution is 6.03. The minimum atomic E-state index is -0.278. The van der Waals surface area contributed by atoms with Crippen LogP contribution in [-0.4, -0.2) is 18.5 Å². The van der Waals surface area contributed by atoms with Crippen molar-refractivity contribution in [3.63, 3.8) is 0 Å². The number of hydrogen-bond donors (Lipinski definition) is 5. The largest absolute Gasteiger partial charge is 0.492 e. The molecule has 0 spiro atoms. The lowest BCUT2D eigenvalue weighted by atomic mass is 10.1. The Hall–Kier alpha value is -2.24. The first-order chi connectivity index (χ1) is 8.58. The zero-order chi connectivity index (χ0) is 13.5. The van der Waals surface area contributed by atoms with Crippen molar-refractivity contribution in [1.29, 1.82) is 10.8 Å². The van der Waals surface area contributed by atoms with Gasteiger partial charge in [-0.15, -0.1) is 0 Å². The smallest absolute Gasteiger partial charge is 0.199 e. The minimum absolute atomic E-state index is 0.0515. The van der Waals surface area contributed by atoms with E-state index in [1.54, 1.807) is 0 Å². The number of anilines is 1. The van der Waals surface area contributed by atoms with Gasteiger partial charge in [-0.25, -0.2) is 0 Å². The fourth-order valence-electron chi connectivity index (χ4n) is 1.58. The quantitative estimate of drug-likeness (QED) is 0.411. The van der Waals surface area contributed by atoms with Crippen LogP contribution < -0.4 is 21.1 Å². The van der Waals surface area contributed by atoms with Gasteiger partial charge in [0, 0.05) is 0 Å². The van der Waals surface area contributed by atoms with Gasteiger partial charge < -0.3 is 15.8 Å². The molecular weight excluding hydrogens is 230 g/mol. The van der Waals surface area contributed by atoms with Gasteiger partial charge in [0.1, 0.15) is 5.75 Å². The van der Waals surface area contributed by atoms with Gasteiger partial charge in [0.15, 0.2) is 11.9 Å². The van der Waals surface area contributed by atoms with E-state index < -0.39 is 0 Å². The zero-order valence-corrected chi connectivity index (χ0v) is 10.6. The Balaban J connectivity index is 2.96. The Labute approximate surface area is 107 Å². The van der Waals surface area contributed by atoms with Crippen LogP contribution in [0.15, 0.2) is 18.2 Å². The van der Waals surface area contributed by atoms with Gasteiger partial charge in [-0.1, -0.05) is 19.1 Å². The molecule has 98 valence electrons. The molecule has 0 aliphatic carbocycles. The first-order valence-electron chi connectivity index (χ1n) is 5.79. The second kappa shape index (κ2) is 6.48. The minimum Gasteiger partial charge on any atom is -0.492 e. The third kappa shape index (κ3) is 3.65. The van der Waals surface area contributed by atoms with Crippen LogP contribution >= 0.6 is 0 Å². The van der Waals surface area contributed by atoms with Gasteiger partial charge in [-0.3, -0.25) is 16.1 Å². The fourth-order valence-corrected chi connectivity index (χ4v) is 1.58. The molecule has 0 aromatic heterocycles. The van der Waals surface area contributed by atoms with Crippen molar-refractivity contribution in [3.8, 4) is 5.75 Å². The van der Waals surface area contributed by atoms with Crippen LogP contribution in [0.3, 0.4) is 0 Å². The maximum absolute atomic E-state index is 7.66. The highest BCUT2D eigenvalue weighted by atomic mass is 16.5. The van der Waals surface area contributed by atoms with E-state index in [4.69, 9.17) is 21.3 Å². The van der Waals surface area contributed by atoms with Crippen molar-refractivity contribution < 1.29 is 4.74 Å². The second-order valence-electron chi connectivity index (χ2n) is 3.62. The first-order valence-corrected chi connectivity index (χ1v) is 5.79. The summed E-state index contributed by atoms with van der Waals surface area (Å²) in [6.45, 7) is 4.48. The molecule has 0 heterocycles. The van der Waals surface area contributed by atoms with Crippen molar-refractivity contribution in [2.75, 3.05) is 11.9 Å². The van der Waals surface area contributed by atoms with Gasteiger partial charge in [0.05, 0.1) is 12.3 Å². The number of benzene rings is 1. The maximum Gasteiger partial charge on any atom is 0.199 e. The SMILES string of the molecule is CCOc1cccc(CC)c1NC(=N)NC(=N)N. The van der Waals surface area contributed by atoms with E-state index >= 15 is 0 Å². The predicted octanol–water partition coefficient (Wildman–Crippen LogP) is 1.48. The van der Waals surface area contributed by atoms with Crippen LogP contribution in [0.25, 0.3) is 0 Å². The van der Waals surface area contributed by atoms with E-state index in [9.17, 15) is 0 Å². The molecule has 0 saturated heterocycles. The average molecular weight is 249 g/mol. The lowest BCUT2D eigenvalue weighted by Gasteiger charge is -2.16. The van der Waals surface area contributed by atoms with Gasteiger partial charge >= 0.3 is 0 Å². The number of aryl methyl sites for hydroxylation is 1. The molecule has 0 radical (unpaired) electrons. The van der Waals surface area contributed by atoms with Crippen LogP contribution in [-0.2, 0) is 6.42 Å². The summed E-state index contributed by atoms with van der Waals surface area (Å²) in [6, 6.07) is 5.72. The van der Waals surface area contributed by atoms with Crippen molar-refractivity contribution >= 4 is 17.6 Å². The molecular formula is C12H19N5O. The summed E-state index contributed by atoms with van der Waals surface area (Å²) >= 11 is 0. The Kier molecular flexibility index (Phi) is 4.98. The highest BCUT2D eigenvalue weighted by Crippen LogP contribution is 2.28. The molecule has 0 atom stereocenters. The Morgan fingerprint density at radius 3 is 2.61 bits per heavy atom. The zero-order valence-electron chi connectivity index (χ0n) is 10.6. The van der Waals surface area contributed by atoms with Crippen LogP contribution in [0, 0.1) is 10.8 Å². The summed E-state index contributed by atoms with van der Waals surface area (Å²) in [5.74, 6) is 0.357. The van der Waals surface area contributed by atoms with E-state index in [-0.39, 0.29) is 11.9 Å². The van der Waals surface area contributed by atoms with Crippen molar-refractivity contribution in [2.45, 2.75) is 20.3 Å². The maximum atomic E-state index is 7.66. The number of rotatable bonds is 4. The van der Waals surface area contributed by atoms with E-state index in [0.717, 1.165) is 17.7 Å². The van der Waals surface area contributed by atoms with Crippen molar-refractivity contribution in [1.82, 2.24) is 5.32 Å². The lowest BCUT2D eigenvalue weighted by Crippen LogP contribution is -2.39. The van der Waals surface area contributed by atoms with Crippen LogP contribution in [0.4, 0.5) is 5.69 Å².